The molecule has 1 atom stereocenters. The smallest absolute Gasteiger partial charge is 0.0926 e. The van der Waals surface area contributed by atoms with Crippen LogP contribution in [-0.2, 0) is 4.74 Å². The molecule has 0 N–H and O–H groups in total. The van der Waals surface area contributed by atoms with Crippen molar-refractivity contribution in [2.45, 2.75) is 34.6 Å². The molecule has 0 amide bonds. The minimum absolute atomic E-state index is 0.238. The highest BCUT2D eigenvalue weighted by atomic mass is 16.5. The van der Waals surface area contributed by atoms with Gasteiger partial charge in [0.1, 0.15) is 0 Å². The molecule has 0 radical (unpaired) electrons. The Balaban J connectivity index is 4.07. The Kier molecular flexibility index (Phi) is 4.36. The molecular weight excluding hydrogens is 148 g/mol. The second-order valence-electron chi connectivity index (χ2n) is 4.50. The lowest BCUT2D eigenvalue weighted by Gasteiger charge is -2.33. The predicted octanol–water partition coefficient (Wildman–Crippen LogP) is 3.46. The number of hydrogen-bond acceptors (Lipinski definition) is 1. The van der Waals surface area contributed by atoms with Gasteiger partial charge in [0.25, 0.3) is 0 Å². The van der Waals surface area contributed by atoms with Crippen LogP contribution in [0.4, 0.5) is 0 Å². The van der Waals surface area contributed by atoms with Gasteiger partial charge >= 0.3 is 0 Å². The predicted molar refractivity (Wildman–Crippen MR) is 53.9 cm³/mol. The van der Waals surface area contributed by atoms with E-state index in [2.05, 4.69) is 41.2 Å². The number of hydrogen-bond donors (Lipinski definition) is 0. The van der Waals surface area contributed by atoms with E-state index >= 15 is 0 Å². The molecule has 0 aromatic rings. The SMILES string of the molecule is C=COCC(C)(C)C(C)C(C)C. The molecule has 1 nitrogen and oxygen atoms in total. The van der Waals surface area contributed by atoms with Crippen LogP contribution < -0.4 is 0 Å². The Morgan fingerprint density at radius 2 is 1.83 bits per heavy atom. The maximum Gasteiger partial charge on any atom is 0.0926 e. The van der Waals surface area contributed by atoms with Gasteiger partial charge in [0.15, 0.2) is 0 Å². The van der Waals surface area contributed by atoms with Gasteiger partial charge < -0.3 is 4.74 Å². The van der Waals surface area contributed by atoms with E-state index in [9.17, 15) is 0 Å². The highest BCUT2D eigenvalue weighted by Gasteiger charge is 2.28. The molecule has 1 unspecified atom stereocenters. The van der Waals surface area contributed by atoms with E-state index in [1.807, 2.05) is 0 Å². The van der Waals surface area contributed by atoms with Crippen LogP contribution in [0.2, 0.25) is 0 Å². The summed E-state index contributed by atoms with van der Waals surface area (Å²) in [6, 6.07) is 0. The molecule has 0 rings (SSSR count). The Labute approximate surface area is 76.8 Å². The fourth-order valence-electron chi connectivity index (χ4n) is 1.31. The summed E-state index contributed by atoms with van der Waals surface area (Å²) in [6.45, 7) is 15.6. The van der Waals surface area contributed by atoms with Gasteiger partial charge in [0.05, 0.1) is 12.9 Å². The van der Waals surface area contributed by atoms with Crippen molar-refractivity contribution >= 4 is 0 Å². The maximum atomic E-state index is 5.23. The van der Waals surface area contributed by atoms with Gasteiger partial charge in [0.2, 0.25) is 0 Å². The third-order valence-electron chi connectivity index (χ3n) is 2.81. The van der Waals surface area contributed by atoms with Crippen LogP contribution in [0, 0.1) is 17.3 Å². The molecule has 12 heavy (non-hydrogen) atoms. The van der Waals surface area contributed by atoms with Gasteiger partial charge in [-0.3, -0.25) is 0 Å². The fraction of sp³-hybridized carbons (Fsp3) is 0.818. The van der Waals surface area contributed by atoms with E-state index in [-0.39, 0.29) is 5.41 Å². The van der Waals surface area contributed by atoms with E-state index < -0.39 is 0 Å². The van der Waals surface area contributed by atoms with Crippen molar-refractivity contribution in [2.75, 3.05) is 6.61 Å². The first-order valence-electron chi connectivity index (χ1n) is 4.64. The van der Waals surface area contributed by atoms with E-state index in [1.54, 1.807) is 0 Å². The van der Waals surface area contributed by atoms with Crippen molar-refractivity contribution in [3.05, 3.63) is 12.8 Å². The topological polar surface area (TPSA) is 9.23 Å². The monoisotopic (exact) mass is 170 g/mol. The van der Waals surface area contributed by atoms with Crippen LogP contribution in [0.15, 0.2) is 12.8 Å². The van der Waals surface area contributed by atoms with Gasteiger partial charge in [-0.2, -0.15) is 0 Å². The zero-order chi connectivity index (χ0) is 9.78. The third kappa shape index (κ3) is 3.29. The molecule has 0 aliphatic heterocycles. The summed E-state index contributed by atoms with van der Waals surface area (Å²) < 4.78 is 5.23. The minimum Gasteiger partial charge on any atom is -0.501 e. The molecule has 0 aliphatic carbocycles. The summed E-state index contributed by atoms with van der Waals surface area (Å²) >= 11 is 0. The molecule has 0 saturated heterocycles. The van der Waals surface area contributed by atoms with E-state index in [1.165, 1.54) is 6.26 Å². The van der Waals surface area contributed by atoms with Crippen LogP contribution in [0.5, 0.6) is 0 Å². The van der Waals surface area contributed by atoms with Crippen molar-refractivity contribution in [2.24, 2.45) is 17.3 Å². The molecule has 72 valence electrons. The van der Waals surface area contributed by atoms with Crippen LogP contribution in [0.1, 0.15) is 34.6 Å². The quantitative estimate of drug-likeness (QED) is 0.574. The zero-order valence-corrected chi connectivity index (χ0v) is 9.05. The molecule has 0 aromatic carbocycles. The highest BCUT2D eigenvalue weighted by molar-refractivity contribution is 4.77. The molecule has 0 bridgehead atoms. The van der Waals surface area contributed by atoms with Crippen molar-refractivity contribution in [1.82, 2.24) is 0 Å². The molecular formula is C11H22O. The lowest BCUT2D eigenvalue weighted by molar-refractivity contribution is 0.0690. The lowest BCUT2D eigenvalue weighted by atomic mass is 9.75. The Hall–Kier alpha value is -0.460. The Morgan fingerprint density at radius 3 is 2.17 bits per heavy atom. The molecule has 0 saturated carbocycles. The molecule has 0 spiro atoms. The average Bonchev–Trinajstić information content (AvgIpc) is 1.99. The summed E-state index contributed by atoms with van der Waals surface area (Å²) in [4.78, 5) is 0. The second kappa shape index (κ2) is 4.54. The largest absolute Gasteiger partial charge is 0.501 e. The molecule has 1 heteroatoms. The summed E-state index contributed by atoms with van der Waals surface area (Å²) in [5, 5.41) is 0. The number of rotatable bonds is 5. The summed E-state index contributed by atoms with van der Waals surface area (Å²) in [5.74, 6) is 1.37. The maximum absolute atomic E-state index is 5.23. The normalized spacial score (nSPS) is 14.5. The molecule has 0 aliphatic rings. The van der Waals surface area contributed by atoms with Crippen LogP contribution >= 0.6 is 0 Å². The number of ether oxygens (including phenoxy) is 1. The van der Waals surface area contributed by atoms with Crippen LogP contribution in [-0.4, -0.2) is 6.61 Å². The first kappa shape index (κ1) is 11.5. The van der Waals surface area contributed by atoms with Gasteiger partial charge in [-0.15, -0.1) is 0 Å². The third-order valence-corrected chi connectivity index (χ3v) is 2.81. The lowest BCUT2D eigenvalue weighted by Crippen LogP contribution is -2.30. The van der Waals surface area contributed by atoms with Gasteiger partial charge in [-0.25, -0.2) is 0 Å². The highest BCUT2D eigenvalue weighted by Crippen LogP contribution is 2.32. The van der Waals surface area contributed by atoms with Crippen molar-refractivity contribution < 1.29 is 4.74 Å². The van der Waals surface area contributed by atoms with E-state index in [4.69, 9.17) is 4.74 Å². The Bertz CT molecular complexity index is 136. The summed E-state index contributed by atoms with van der Waals surface area (Å²) in [5.41, 5.74) is 0.238. The minimum atomic E-state index is 0.238. The van der Waals surface area contributed by atoms with E-state index in [0.717, 1.165) is 6.61 Å². The van der Waals surface area contributed by atoms with Gasteiger partial charge in [-0.05, 0) is 11.8 Å². The molecule has 0 aromatic heterocycles. The standard InChI is InChI=1S/C11H22O/c1-7-12-8-11(5,6)10(4)9(2)3/h7,9-10H,1,8H2,2-6H3. The van der Waals surface area contributed by atoms with Crippen molar-refractivity contribution in [1.29, 1.82) is 0 Å². The summed E-state index contributed by atoms with van der Waals surface area (Å²) in [6.07, 6.45) is 1.52. The van der Waals surface area contributed by atoms with Crippen LogP contribution in [0.25, 0.3) is 0 Å². The Morgan fingerprint density at radius 1 is 1.33 bits per heavy atom. The zero-order valence-electron chi connectivity index (χ0n) is 9.05. The molecule has 0 heterocycles. The average molecular weight is 170 g/mol. The van der Waals surface area contributed by atoms with Crippen LogP contribution in [0.3, 0.4) is 0 Å². The fourth-order valence-corrected chi connectivity index (χ4v) is 1.31. The van der Waals surface area contributed by atoms with Crippen molar-refractivity contribution in [3.63, 3.8) is 0 Å². The van der Waals surface area contributed by atoms with Gasteiger partial charge in [0, 0.05) is 5.41 Å². The first-order valence-corrected chi connectivity index (χ1v) is 4.64. The molecule has 0 fully saturated rings. The first-order chi connectivity index (χ1) is 5.41. The summed E-state index contributed by atoms with van der Waals surface area (Å²) in [7, 11) is 0. The van der Waals surface area contributed by atoms with Crippen molar-refractivity contribution in [3.8, 4) is 0 Å². The van der Waals surface area contributed by atoms with E-state index in [0.29, 0.717) is 11.8 Å². The second-order valence-corrected chi connectivity index (χ2v) is 4.50. The van der Waals surface area contributed by atoms with Gasteiger partial charge in [-0.1, -0.05) is 41.2 Å².